The predicted octanol–water partition coefficient (Wildman–Crippen LogP) is 4.47. The molecule has 3 aromatic rings. The van der Waals surface area contributed by atoms with Crippen LogP contribution in [0.3, 0.4) is 0 Å². The molecule has 4 nitrogen and oxygen atoms in total. The molecule has 3 rings (SSSR count). The number of hydrogen-bond donors (Lipinski definition) is 1. The lowest BCUT2D eigenvalue weighted by atomic mass is 10.1. The van der Waals surface area contributed by atoms with Gasteiger partial charge in [0.15, 0.2) is 0 Å². The molecule has 0 atom stereocenters. The van der Waals surface area contributed by atoms with Gasteiger partial charge < -0.3 is 14.8 Å². The van der Waals surface area contributed by atoms with Gasteiger partial charge in [-0.15, -0.1) is 11.3 Å². The van der Waals surface area contributed by atoms with Crippen LogP contribution in [0.1, 0.15) is 21.8 Å². The highest BCUT2D eigenvalue weighted by molar-refractivity contribution is 7.09. The molecule has 0 fully saturated rings. The van der Waals surface area contributed by atoms with Crippen molar-refractivity contribution in [2.45, 2.75) is 26.6 Å². The van der Waals surface area contributed by atoms with Gasteiger partial charge in [-0.3, -0.25) is 0 Å². The molecular weight excluding hydrogens is 351 g/mol. The maximum atomic E-state index is 13.3. The Bertz CT molecular complexity index is 849. The summed E-state index contributed by atoms with van der Waals surface area (Å²) in [6, 6.07) is 12.6. The highest BCUT2D eigenvalue weighted by Gasteiger charge is 2.04. The third kappa shape index (κ3) is 5.03. The normalized spacial score (nSPS) is 10.7. The molecule has 0 saturated heterocycles. The maximum absolute atomic E-state index is 13.3. The molecule has 26 heavy (non-hydrogen) atoms. The SMILES string of the molecule is COc1ccc(OCc2nc(CNCc3ccc(F)c(C)c3)cs2)cc1. The quantitative estimate of drug-likeness (QED) is 0.634. The molecule has 1 heterocycles. The Hall–Kier alpha value is -2.44. The molecule has 2 aromatic carbocycles. The second-order valence-electron chi connectivity index (χ2n) is 5.88. The summed E-state index contributed by atoms with van der Waals surface area (Å²) < 4.78 is 24.1. The van der Waals surface area contributed by atoms with Crippen molar-refractivity contribution in [2.75, 3.05) is 7.11 Å². The Balaban J connectivity index is 1.45. The number of aryl methyl sites for hydroxylation is 1. The predicted molar refractivity (Wildman–Crippen MR) is 101 cm³/mol. The number of halogens is 1. The number of thiazole rings is 1. The summed E-state index contributed by atoms with van der Waals surface area (Å²) in [6.45, 7) is 3.55. The fourth-order valence-electron chi connectivity index (χ4n) is 2.47. The summed E-state index contributed by atoms with van der Waals surface area (Å²) in [4.78, 5) is 4.57. The molecule has 136 valence electrons. The van der Waals surface area contributed by atoms with Gasteiger partial charge >= 0.3 is 0 Å². The first kappa shape index (κ1) is 18.4. The van der Waals surface area contributed by atoms with E-state index in [1.807, 2.05) is 35.7 Å². The first-order valence-corrected chi connectivity index (χ1v) is 9.18. The molecule has 0 spiro atoms. The van der Waals surface area contributed by atoms with Crippen LogP contribution < -0.4 is 14.8 Å². The van der Waals surface area contributed by atoms with Crippen molar-refractivity contribution in [2.24, 2.45) is 0 Å². The summed E-state index contributed by atoms with van der Waals surface area (Å²) in [5.74, 6) is 1.42. The Morgan fingerprint density at radius 3 is 2.58 bits per heavy atom. The van der Waals surface area contributed by atoms with Crippen molar-refractivity contribution in [1.82, 2.24) is 10.3 Å². The summed E-state index contributed by atoms with van der Waals surface area (Å²) in [6.07, 6.45) is 0. The highest BCUT2D eigenvalue weighted by atomic mass is 32.1. The highest BCUT2D eigenvalue weighted by Crippen LogP contribution is 2.19. The molecule has 0 unspecified atom stereocenters. The van der Waals surface area contributed by atoms with Crippen LogP contribution in [0.2, 0.25) is 0 Å². The second-order valence-corrected chi connectivity index (χ2v) is 6.83. The Kier molecular flexibility index (Phi) is 6.20. The van der Waals surface area contributed by atoms with E-state index in [9.17, 15) is 4.39 Å². The molecule has 1 N–H and O–H groups in total. The van der Waals surface area contributed by atoms with Gasteiger partial charge in [0.25, 0.3) is 0 Å². The van der Waals surface area contributed by atoms with Crippen molar-refractivity contribution >= 4 is 11.3 Å². The first-order valence-electron chi connectivity index (χ1n) is 8.30. The van der Waals surface area contributed by atoms with Crippen LogP contribution >= 0.6 is 11.3 Å². The third-order valence-electron chi connectivity index (χ3n) is 3.88. The van der Waals surface area contributed by atoms with E-state index in [1.54, 1.807) is 31.4 Å². The molecule has 0 aliphatic carbocycles. The van der Waals surface area contributed by atoms with E-state index in [4.69, 9.17) is 9.47 Å². The van der Waals surface area contributed by atoms with Crippen molar-refractivity contribution in [3.8, 4) is 11.5 Å². The minimum Gasteiger partial charge on any atom is -0.497 e. The fraction of sp³-hybridized carbons (Fsp3) is 0.250. The van der Waals surface area contributed by atoms with Crippen LogP contribution in [0.15, 0.2) is 47.8 Å². The van der Waals surface area contributed by atoms with Crippen LogP contribution in [-0.4, -0.2) is 12.1 Å². The average Bonchev–Trinajstić information content (AvgIpc) is 3.11. The number of nitrogens with zero attached hydrogens (tertiary/aromatic N) is 1. The van der Waals surface area contributed by atoms with E-state index >= 15 is 0 Å². The second kappa shape index (κ2) is 8.78. The molecule has 0 bridgehead atoms. The van der Waals surface area contributed by atoms with E-state index in [0.29, 0.717) is 25.3 Å². The van der Waals surface area contributed by atoms with Crippen molar-refractivity contribution in [3.05, 3.63) is 75.5 Å². The van der Waals surface area contributed by atoms with Gasteiger partial charge in [-0.1, -0.05) is 12.1 Å². The van der Waals surface area contributed by atoms with Crippen LogP contribution in [0.25, 0.3) is 0 Å². The number of methoxy groups -OCH3 is 1. The van der Waals surface area contributed by atoms with Gasteiger partial charge in [-0.25, -0.2) is 9.37 Å². The first-order chi connectivity index (χ1) is 12.6. The lowest BCUT2D eigenvalue weighted by Gasteiger charge is -2.05. The largest absolute Gasteiger partial charge is 0.497 e. The summed E-state index contributed by atoms with van der Waals surface area (Å²) >= 11 is 1.58. The van der Waals surface area contributed by atoms with Crippen LogP contribution in [0, 0.1) is 12.7 Å². The van der Waals surface area contributed by atoms with Crippen LogP contribution in [0.4, 0.5) is 4.39 Å². The molecule has 6 heteroatoms. The fourth-order valence-corrected chi connectivity index (χ4v) is 3.17. The maximum Gasteiger partial charge on any atom is 0.140 e. The van der Waals surface area contributed by atoms with Gasteiger partial charge in [0.05, 0.1) is 12.8 Å². The number of rotatable bonds is 8. The zero-order valence-corrected chi connectivity index (χ0v) is 15.6. The Morgan fingerprint density at radius 1 is 1.08 bits per heavy atom. The zero-order chi connectivity index (χ0) is 18.4. The van der Waals surface area contributed by atoms with E-state index in [0.717, 1.165) is 27.8 Å². The minimum atomic E-state index is -0.172. The van der Waals surface area contributed by atoms with E-state index < -0.39 is 0 Å². The van der Waals surface area contributed by atoms with Crippen molar-refractivity contribution < 1.29 is 13.9 Å². The average molecular weight is 372 g/mol. The Morgan fingerprint density at radius 2 is 1.85 bits per heavy atom. The summed E-state index contributed by atoms with van der Waals surface area (Å²) in [5, 5.41) is 6.28. The third-order valence-corrected chi connectivity index (χ3v) is 4.75. The number of benzene rings is 2. The molecule has 0 saturated carbocycles. The molecule has 1 aromatic heterocycles. The summed E-state index contributed by atoms with van der Waals surface area (Å²) in [7, 11) is 1.64. The number of hydrogen-bond acceptors (Lipinski definition) is 5. The lowest BCUT2D eigenvalue weighted by Crippen LogP contribution is -2.13. The van der Waals surface area contributed by atoms with Gasteiger partial charge in [0.2, 0.25) is 0 Å². The smallest absolute Gasteiger partial charge is 0.140 e. The molecular formula is C20H21FN2O2S. The number of aromatic nitrogens is 1. The standard InChI is InChI=1S/C20H21FN2O2S/c1-14-9-15(3-8-19(14)21)10-22-11-16-13-26-20(23-16)12-25-18-6-4-17(24-2)5-7-18/h3-9,13,22H,10-12H2,1-2H3. The number of nitrogens with one attached hydrogen (secondary N) is 1. The van der Waals surface area contributed by atoms with Crippen LogP contribution in [-0.2, 0) is 19.7 Å². The van der Waals surface area contributed by atoms with Gasteiger partial charge in [-0.05, 0) is 48.4 Å². The monoisotopic (exact) mass is 372 g/mol. The zero-order valence-electron chi connectivity index (χ0n) is 14.8. The minimum absolute atomic E-state index is 0.172. The van der Waals surface area contributed by atoms with Crippen molar-refractivity contribution in [3.63, 3.8) is 0 Å². The summed E-state index contributed by atoms with van der Waals surface area (Å²) in [5.41, 5.74) is 2.69. The van der Waals surface area contributed by atoms with E-state index in [-0.39, 0.29) is 5.82 Å². The lowest BCUT2D eigenvalue weighted by molar-refractivity contribution is 0.304. The van der Waals surface area contributed by atoms with Gasteiger partial charge in [0, 0.05) is 18.5 Å². The van der Waals surface area contributed by atoms with E-state index in [1.165, 1.54) is 6.07 Å². The topological polar surface area (TPSA) is 43.4 Å². The van der Waals surface area contributed by atoms with Crippen LogP contribution in [0.5, 0.6) is 11.5 Å². The molecule has 0 radical (unpaired) electrons. The van der Waals surface area contributed by atoms with Gasteiger partial charge in [0.1, 0.15) is 28.9 Å². The van der Waals surface area contributed by atoms with Gasteiger partial charge in [-0.2, -0.15) is 0 Å². The molecule has 0 aliphatic heterocycles. The Labute approximate surface area is 156 Å². The van der Waals surface area contributed by atoms with Crippen molar-refractivity contribution in [1.29, 1.82) is 0 Å². The molecule has 0 aliphatic rings. The molecule has 0 amide bonds. The van der Waals surface area contributed by atoms with E-state index in [2.05, 4.69) is 10.3 Å². The number of ether oxygens (including phenoxy) is 2.